The number of nitrogens with two attached hydrogens (primary N) is 1. The second-order valence-corrected chi connectivity index (χ2v) is 8.24. The molecule has 0 radical (unpaired) electrons. The number of anilines is 1. The van der Waals surface area contributed by atoms with Crippen LogP contribution in [0.25, 0.3) is 0 Å². The summed E-state index contributed by atoms with van der Waals surface area (Å²) in [5.74, 6) is -0.442. The minimum atomic E-state index is -0.487. The second-order valence-electron chi connectivity index (χ2n) is 6.73. The topological polar surface area (TPSA) is 103 Å². The van der Waals surface area contributed by atoms with Crippen LogP contribution in [0.3, 0.4) is 0 Å². The van der Waals surface area contributed by atoms with Crippen LogP contribution in [0, 0.1) is 0 Å². The summed E-state index contributed by atoms with van der Waals surface area (Å²) in [7, 11) is 0. The molecule has 0 spiro atoms. The van der Waals surface area contributed by atoms with Crippen molar-refractivity contribution in [3.63, 3.8) is 0 Å². The number of nitrogens with one attached hydrogen (secondary N) is 2. The number of carbonyl (C=O) groups is 2. The smallest absolute Gasteiger partial charge is 0.261 e. The maximum Gasteiger partial charge on any atom is 0.261 e. The number of benzene rings is 1. The number of para-hydroxylation sites is 1. The SMILES string of the molecule is CCOCCOc1ccccc1C(=O)NC(=S)Nc1sc2c(c1C(N)=O)CCCC2. The number of thiophene rings is 1. The maximum absolute atomic E-state index is 12.7. The Morgan fingerprint density at radius 3 is 2.73 bits per heavy atom. The number of hydrogen-bond donors (Lipinski definition) is 3. The van der Waals surface area contributed by atoms with Crippen molar-refractivity contribution in [2.75, 3.05) is 25.1 Å². The van der Waals surface area contributed by atoms with Gasteiger partial charge >= 0.3 is 0 Å². The van der Waals surface area contributed by atoms with Gasteiger partial charge in [-0.1, -0.05) is 12.1 Å². The molecule has 0 fully saturated rings. The van der Waals surface area contributed by atoms with Gasteiger partial charge in [0.25, 0.3) is 11.8 Å². The Kier molecular flexibility index (Phi) is 7.78. The van der Waals surface area contributed by atoms with Crippen molar-refractivity contribution in [1.82, 2.24) is 5.32 Å². The van der Waals surface area contributed by atoms with E-state index in [4.69, 9.17) is 27.4 Å². The highest BCUT2D eigenvalue weighted by molar-refractivity contribution is 7.80. The van der Waals surface area contributed by atoms with E-state index in [1.165, 1.54) is 11.3 Å². The van der Waals surface area contributed by atoms with Crippen molar-refractivity contribution in [1.29, 1.82) is 0 Å². The van der Waals surface area contributed by atoms with Gasteiger partial charge in [-0.15, -0.1) is 11.3 Å². The first kappa shape index (κ1) is 22.2. The van der Waals surface area contributed by atoms with Gasteiger partial charge in [-0.25, -0.2) is 0 Å². The van der Waals surface area contributed by atoms with E-state index in [9.17, 15) is 9.59 Å². The van der Waals surface area contributed by atoms with Gasteiger partial charge in [-0.05, 0) is 62.5 Å². The third-order valence-electron chi connectivity index (χ3n) is 4.69. The monoisotopic (exact) mass is 447 g/mol. The fraction of sp³-hybridized carbons (Fsp3) is 0.381. The Labute approximate surface area is 184 Å². The first-order valence-electron chi connectivity index (χ1n) is 9.87. The molecule has 0 unspecified atom stereocenters. The van der Waals surface area contributed by atoms with Crippen LogP contribution < -0.4 is 21.1 Å². The average molecular weight is 448 g/mol. The van der Waals surface area contributed by atoms with Gasteiger partial charge < -0.3 is 20.5 Å². The molecule has 0 atom stereocenters. The molecule has 1 aliphatic rings. The lowest BCUT2D eigenvalue weighted by molar-refractivity contribution is 0.0957. The van der Waals surface area contributed by atoms with Gasteiger partial charge in [-0.2, -0.15) is 0 Å². The molecule has 2 aromatic rings. The third-order valence-corrected chi connectivity index (χ3v) is 6.10. The molecule has 0 saturated heterocycles. The van der Waals surface area contributed by atoms with Crippen LogP contribution in [0.1, 0.15) is 50.9 Å². The van der Waals surface area contributed by atoms with E-state index >= 15 is 0 Å². The number of carbonyl (C=O) groups excluding carboxylic acids is 2. The summed E-state index contributed by atoms with van der Waals surface area (Å²) in [6, 6.07) is 6.92. The number of rotatable bonds is 8. The van der Waals surface area contributed by atoms with Crippen LogP contribution in [-0.4, -0.2) is 36.7 Å². The molecular formula is C21H25N3O4S2. The first-order chi connectivity index (χ1) is 14.5. The quantitative estimate of drug-likeness (QED) is 0.424. The zero-order chi connectivity index (χ0) is 21.5. The molecule has 1 aliphatic carbocycles. The highest BCUT2D eigenvalue weighted by Gasteiger charge is 2.25. The summed E-state index contributed by atoms with van der Waals surface area (Å²) in [6.45, 7) is 3.28. The molecule has 2 amide bonds. The van der Waals surface area contributed by atoms with Gasteiger partial charge in [0.2, 0.25) is 0 Å². The highest BCUT2D eigenvalue weighted by Crippen LogP contribution is 2.37. The van der Waals surface area contributed by atoms with E-state index in [-0.39, 0.29) is 5.11 Å². The number of ether oxygens (including phenoxy) is 2. The predicted octanol–water partition coefficient (Wildman–Crippen LogP) is 3.27. The van der Waals surface area contributed by atoms with Crippen LogP contribution in [0.5, 0.6) is 5.75 Å². The highest BCUT2D eigenvalue weighted by atomic mass is 32.1. The minimum Gasteiger partial charge on any atom is -0.490 e. The molecule has 9 heteroatoms. The average Bonchev–Trinajstić information content (AvgIpc) is 3.09. The summed E-state index contributed by atoms with van der Waals surface area (Å²) in [5, 5.41) is 6.33. The summed E-state index contributed by atoms with van der Waals surface area (Å²) >= 11 is 6.79. The van der Waals surface area contributed by atoms with E-state index in [0.717, 1.165) is 36.1 Å². The van der Waals surface area contributed by atoms with Crippen molar-refractivity contribution in [3.8, 4) is 5.75 Å². The van der Waals surface area contributed by atoms with Crippen LogP contribution >= 0.6 is 23.6 Å². The molecule has 0 bridgehead atoms. The number of thiocarbonyl (C=S) groups is 1. The Hall–Kier alpha value is -2.49. The van der Waals surface area contributed by atoms with Crippen LogP contribution in [-0.2, 0) is 17.6 Å². The normalized spacial score (nSPS) is 12.7. The zero-order valence-corrected chi connectivity index (χ0v) is 18.4. The lowest BCUT2D eigenvalue weighted by Crippen LogP contribution is -2.34. The van der Waals surface area contributed by atoms with Crippen LogP contribution in [0.15, 0.2) is 24.3 Å². The van der Waals surface area contributed by atoms with Crippen molar-refractivity contribution in [2.45, 2.75) is 32.6 Å². The molecule has 0 saturated carbocycles. The van der Waals surface area contributed by atoms with Crippen molar-refractivity contribution >= 4 is 45.5 Å². The standard InChI is InChI=1S/C21H25N3O4S2/c1-2-27-11-12-28-15-9-5-3-7-13(15)19(26)23-21(29)24-20-17(18(22)25)14-8-4-6-10-16(14)30-20/h3,5,7,9H,2,4,6,8,10-12H2,1H3,(H2,22,25)(H2,23,24,26,29). The van der Waals surface area contributed by atoms with Gasteiger partial charge in [-0.3, -0.25) is 14.9 Å². The predicted molar refractivity (Wildman–Crippen MR) is 122 cm³/mol. The molecule has 1 aromatic heterocycles. The summed E-state index contributed by atoms with van der Waals surface area (Å²) in [5.41, 5.74) is 7.45. The summed E-state index contributed by atoms with van der Waals surface area (Å²) in [4.78, 5) is 25.9. The molecular weight excluding hydrogens is 422 g/mol. The molecule has 0 aliphatic heterocycles. The van der Waals surface area contributed by atoms with Crippen LogP contribution in [0.4, 0.5) is 5.00 Å². The number of amides is 2. The van der Waals surface area contributed by atoms with Gasteiger partial charge in [0.05, 0.1) is 17.7 Å². The Morgan fingerprint density at radius 1 is 1.20 bits per heavy atom. The van der Waals surface area contributed by atoms with E-state index < -0.39 is 11.8 Å². The number of hydrogen-bond acceptors (Lipinski definition) is 6. The van der Waals surface area contributed by atoms with Gasteiger partial charge in [0, 0.05) is 11.5 Å². The third kappa shape index (κ3) is 5.35. The molecule has 7 nitrogen and oxygen atoms in total. The van der Waals surface area contributed by atoms with E-state index in [0.29, 0.717) is 41.7 Å². The van der Waals surface area contributed by atoms with Crippen molar-refractivity contribution in [3.05, 3.63) is 45.8 Å². The molecule has 1 heterocycles. The lowest BCUT2D eigenvalue weighted by atomic mass is 9.95. The molecule has 3 rings (SSSR count). The van der Waals surface area contributed by atoms with Gasteiger partial charge in [0.15, 0.2) is 5.11 Å². The van der Waals surface area contributed by atoms with E-state index in [1.807, 2.05) is 6.92 Å². The Balaban J connectivity index is 1.68. The zero-order valence-electron chi connectivity index (χ0n) is 16.8. The van der Waals surface area contributed by atoms with E-state index in [2.05, 4.69) is 10.6 Å². The Bertz CT molecular complexity index is 942. The van der Waals surface area contributed by atoms with E-state index in [1.54, 1.807) is 24.3 Å². The summed E-state index contributed by atoms with van der Waals surface area (Å²) < 4.78 is 10.9. The maximum atomic E-state index is 12.7. The molecule has 1 aromatic carbocycles. The lowest BCUT2D eigenvalue weighted by Gasteiger charge is -2.13. The minimum absolute atomic E-state index is 0.102. The molecule has 30 heavy (non-hydrogen) atoms. The number of aryl methyl sites for hydroxylation is 1. The largest absolute Gasteiger partial charge is 0.490 e. The van der Waals surface area contributed by atoms with Crippen LogP contribution in [0.2, 0.25) is 0 Å². The second kappa shape index (κ2) is 10.5. The van der Waals surface area contributed by atoms with Crippen molar-refractivity contribution in [2.24, 2.45) is 5.73 Å². The Morgan fingerprint density at radius 2 is 1.97 bits per heavy atom. The molecule has 160 valence electrons. The fourth-order valence-corrected chi connectivity index (χ4v) is 4.91. The molecule has 4 N–H and O–H groups in total. The fourth-order valence-electron chi connectivity index (χ4n) is 3.35. The van der Waals surface area contributed by atoms with Gasteiger partial charge in [0.1, 0.15) is 17.4 Å². The van der Waals surface area contributed by atoms with Crippen molar-refractivity contribution < 1.29 is 19.1 Å². The first-order valence-corrected chi connectivity index (χ1v) is 11.1. The number of primary amides is 1. The summed E-state index contributed by atoms with van der Waals surface area (Å²) in [6.07, 6.45) is 3.88. The number of fused-ring (bicyclic) bond motifs is 1.